The molecule has 6 heterocycles. The van der Waals surface area contributed by atoms with Gasteiger partial charge in [0.1, 0.15) is 23.2 Å². The van der Waals surface area contributed by atoms with Gasteiger partial charge >= 0.3 is 0 Å². The lowest BCUT2D eigenvalue weighted by Gasteiger charge is -2.40. The third-order valence-electron chi connectivity index (χ3n) is 13.2. The topological polar surface area (TPSA) is 168 Å². The number of aryl methyl sites for hydroxylation is 1. The molecular weight excluding hydrogens is 783 g/mol. The second-order valence-corrected chi connectivity index (χ2v) is 17.1. The number of nitrogens with zero attached hydrogens (tertiary/aromatic N) is 7. The number of piperazine rings is 1. The van der Waals surface area contributed by atoms with E-state index in [0.717, 1.165) is 101 Å². The number of aromatic nitrogens is 3. The highest BCUT2D eigenvalue weighted by molar-refractivity contribution is 6.05. The van der Waals surface area contributed by atoms with Crippen molar-refractivity contribution in [1.29, 1.82) is 0 Å². The van der Waals surface area contributed by atoms with Crippen LogP contribution in [0, 0.1) is 5.92 Å². The minimum atomic E-state index is -0.599. The second kappa shape index (κ2) is 17.9. The summed E-state index contributed by atoms with van der Waals surface area (Å²) in [6.07, 6.45) is 9.22. The van der Waals surface area contributed by atoms with Crippen molar-refractivity contribution in [1.82, 2.24) is 35.4 Å². The minimum Gasteiger partial charge on any atom is -0.372 e. The number of anilines is 6. The zero-order chi connectivity index (χ0) is 42.7. The summed E-state index contributed by atoms with van der Waals surface area (Å²) >= 11 is 0. The van der Waals surface area contributed by atoms with Gasteiger partial charge in [-0.1, -0.05) is 19.1 Å². The standard InChI is InChI=1S/C47H55N11O4/c1-3-19-48-44(60)38-27-49-47(54-43(38)52-40-15-7-32-6-5-31(4-2)42(32)51-40)50-34-8-10-35(11-9-34)57-24-22-55(23-25-57)28-30-17-20-56(21-18-30)36-12-13-37-33(26-36)29-58(46(37)62)39-14-16-41(59)53-45(39)61/h3,7-13,15,26-27,30-31,39H,1,4-6,14,16-25,28-29H2,2H3,(H,48,60)(H,53,59,61)(H2,49,50,51,52,54). The van der Waals surface area contributed by atoms with Crippen molar-refractivity contribution in [3.8, 4) is 0 Å². The van der Waals surface area contributed by atoms with E-state index in [0.29, 0.717) is 60.1 Å². The van der Waals surface area contributed by atoms with E-state index in [-0.39, 0.29) is 30.0 Å². The normalized spacial score (nSPS) is 20.5. The fourth-order valence-electron chi connectivity index (χ4n) is 9.66. The van der Waals surface area contributed by atoms with E-state index in [1.54, 1.807) is 11.0 Å². The Balaban J connectivity index is 0.757. The number of hydrogen-bond donors (Lipinski definition) is 4. The molecule has 2 aromatic heterocycles. The molecule has 4 aromatic rings. The lowest BCUT2D eigenvalue weighted by molar-refractivity contribution is -0.136. The van der Waals surface area contributed by atoms with Gasteiger partial charge < -0.3 is 30.7 Å². The summed E-state index contributed by atoms with van der Waals surface area (Å²) in [6.45, 7) is 13.6. The van der Waals surface area contributed by atoms with Crippen molar-refractivity contribution in [3.63, 3.8) is 0 Å². The first-order valence-electron chi connectivity index (χ1n) is 22.1. The van der Waals surface area contributed by atoms with E-state index in [1.165, 1.54) is 17.4 Å². The van der Waals surface area contributed by atoms with Crippen LogP contribution in [0.3, 0.4) is 0 Å². The van der Waals surface area contributed by atoms with Gasteiger partial charge in [0.05, 0.1) is 0 Å². The monoisotopic (exact) mass is 837 g/mol. The van der Waals surface area contributed by atoms with Crippen LogP contribution in [-0.4, -0.2) is 107 Å². The minimum absolute atomic E-state index is 0.133. The number of benzene rings is 2. The van der Waals surface area contributed by atoms with Gasteiger partial charge in [-0.15, -0.1) is 6.58 Å². The molecular formula is C47H55N11O4. The van der Waals surface area contributed by atoms with Crippen LogP contribution >= 0.6 is 0 Å². The zero-order valence-corrected chi connectivity index (χ0v) is 35.4. The highest BCUT2D eigenvalue weighted by Crippen LogP contribution is 2.36. The predicted octanol–water partition coefficient (Wildman–Crippen LogP) is 5.51. The van der Waals surface area contributed by atoms with Crippen LogP contribution < -0.4 is 31.1 Å². The molecule has 4 N–H and O–H groups in total. The molecule has 2 aromatic carbocycles. The molecule has 2 unspecified atom stereocenters. The number of pyridine rings is 1. The molecule has 15 nitrogen and oxygen atoms in total. The van der Waals surface area contributed by atoms with Crippen LogP contribution in [-0.2, 0) is 22.6 Å². The summed E-state index contributed by atoms with van der Waals surface area (Å²) in [6, 6.07) is 17.9. The number of amides is 4. The number of hydrogen-bond acceptors (Lipinski definition) is 12. The Hall–Kier alpha value is -6.35. The fraction of sp³-hybridized carbons (Fsp3) is 0.426. The van der Waals surface area contributed by atoms with Gasteiger partial charge in [-0.3, -0.25) is 29.4 Å². The summed E-state index contributed by atoms with van der Waals surface area (Å²) in [5.41, 5.74) is 7.48. The molecule has 9 rings (SSSR count). The van der Waals surface area contributed by atoms with E-state index >= 15 is 0 Å². The van der Waals surface area contributed by atoms with Crippen LogP contribution in [0.4, 0.5) is 34.6 Å². The Labute approximate surface area is 362 Å². The summed E-state index contributed by atoms with van der Waals surface area (Å²) in [5, 5.41) is 11.9. The molecule has 1 aliphatic carbocycles. The third kappa shape index (κ3) is 8.71. The second-order valence-electron chi connectivity index (χ2n) is 17.1. The number of carbonyl (C=O) groups excluding carboxylic acids is 4. The Morgan fingerprint density at radius 2 is 1.63 bits per heavy atom. The van der Waals surface area contributed by atoms with Gasteiger partial charge in [-0.25, -0.2) is 9.97 Å². The number of carbonyl (C=O) groups is 4. The third-order valence-corrected chi connectivity index (χ3v) is 13.2. The van der Waals surface area contributed by atoms with Crippen LogP contribution in [0.2, 0.25) is 0 Å². The van der Waals surface area contributed by atoms with Crippen LogP contribution in [0.25, 0.3) is 0 Å². The van der Waals surface area contributed by atoms with E-state index in [1.807, 2.05) is 30.3 Å². The van der Waals surface area contributed by atoms with E-state index in [2.05, 4.69) is 78.7 Å². The molecule has 62 heavy (non-hydrogen) atoms. The predicted molar refractivity (Wildman–Crippen MR) is 239 cm³/mol. The molecule has 5 aliphatic rings. The molecule has 3 saturated heterocycles. The maximum Gasteiger partial charge on any atom is 0.256 e. The smallest absolute Gasteiger partial charge is 0.256 e. The first kappa shape index (κ1) is 41.0. The number of imide groups is 1. The van der Waals surface area contributed by atoms with Crippen molar-refractivity contribution in [2.75, 3.05) is 72.8 Å². The molecule has 0 saturated carbocycles. The molecule has 15 heteroatoms. The van der Waals surface area contributed by atoms with Gasteiger partial charge in [0, 0.05) is 106 Å². The summed E-state index contributed by atoms with van der Waals surface area (Å²) in [7, 11) is 0. The van der Waals surface area contributed by atoms with Crippen LogP contribution in [0.5, 0.6) is 0 Å². The van der Waals surface area contributed by atoms with Gasteiger partial charge in [0.2, 0.25) is 17.8 Å². The SMILES string of the molecule is C=CCNC(=O)c1cnc(Nc2ccc(N3CCN(CC4CCN(c5ccc6c(c5)CN(C5CCC(=O)NC5=O)C6=O)CC4)CC3)cc2)nc1Nc1ccc2c(n1)C(CC)CC2. The van der Waals surface area contributed by atoms with Gasteiger partial charge in [0.25, 0.3) is 11.8 Å². The first-order chi connectivity index (χ1) is 30.2. The average molecular weight is 838 g/mol. The van der Waals surface area contributed by atoms with Crippen LogP contribution in [0.15, 0.2) is 73.4 Å². The molecule has 4 aliphatic heterocycles. The van der Waals surface area contributed by atoms with Gasteiger partial charge in [0.15, 0.2) is 0 Å². The molecule has 0 radical (unpaired) electrons. The maximum atomic E-state index is 13.2. The zero-order valence-electron chi connectivity index (χ0n) is 35.4. The maximum absolute atomic E-state index is 13.2. The first-order valence-corrected chi connectivity index (χ1v) is 22.1. The fourth-order valence-corrected chi connectivity index (χ4v) is 9.66. The summed E-state index contributed by atoms with van der Waals surface area (Å²) in [5.74, 6) is 1.39. The number of rotatable bonds is 13. The Kier molecular flexibility index (Phi) is 11.9. The van der Waals surface area contributed by atoms with Crippen molar-refractivity contribution in [2.24, 2.45) is 5.92 Å². The van der Waals surface area contributed by atoms with Crippen molar-refractivity contribution >= 4 is 58.3 Å². The molecule has 0 bridgehead atoms. The van der Waals surface area contributed by atoms with Crippen molar-refractivity contribution in [2.45, 2.75) is 70.4 Å². The van der Waals surface area contributed by atoms with E-state index < -0.39 is 6.04 Å². The van der Waals surface area contributed by atoms with E-state index in [9.17, 15) is 19.2 Å². The lowest BCUT2D eigenvalue weighted by atomic mass is 9.95. The Bertz CT molecular complexity index is 2350. The summed E-state index contributed by atoms with van der Waals surface area (Å²) in [4.78, 5) is 73.6. The lowest BCUT2D eigenvalue weighted by Crippen LogP contribution is -2.52. The highest BCUT2D eigenvalue weighted by atomic mass is 16.2. The highest BCUT2D eigenvalue weighted by Gasteiger charge is 2.39. The van der Waals surface area contributed by atoms with E-state index in [4.69, 9.17) is 9.97 Å². The Morgan fingerprint density at radius 1 is 0.855 bits per heavy atom. The van der Waals surface area contributed by atoms with Gasteiger partial charge in [-0.2, -0.15) is 4.98 Å². The molecule has 322 valence electrons. The molecule has 4 amide bonds. The molecule has 0 spiro atoms. The number of nitrogens with one attached hydrogen (secondary N) is 4. The number of fused-ring (bicyclic) bond motifs is 2. The molecule has 3 fully saturated rings. The average Bonchev–Trinajstić information content (AvgIpc) is 3.85. The van der Waals surface area contributed by atoms with Crippen molar-refractivity contribution < 1.29 is 19.2 Å². The van der Waals surface area contributed by atoms with Gasteiger partial charge in [-0.05, 0) is 104 Å². The molecule has 2 atom stereocenters. The Morgan fingerprint density at radius 3 is 2.39 bits per heavy atom. The van der Waals surface area contributed by atoms with Crippen LogP contribution in [0.1, 0.15) is 88.9 Å². The largest absolute Gasteiger partial charge is 0.372 e. The number of piperidine rings is 2. The quantitative estimate of drug-likeness (QED) is 0.0986. The summed E-state index contributed by atoms with van der Waals surface area (Å²) < 4.78 is 0. The van der Waals surface area contributed by atoms with Crippen molar-refractivity contribution in [3.05, 3.63) is 101 Å².